The van der Waals surface area contributed by atoms with E-state index >= 15 is 0 Å². The molecule has 6 heteroatoms. The highest BCUT2D eigenvalue weighted by Gasteiger charge is 2.16. The molecule has 0 radical (unpaired) electrons. The summed E-state index contributed by atoms with van der Waals surface area (Å²) in [7, 11) is 1.62. The van der Waals surface area contributed by atoms with Crippen LogP contribution >= 0.6 is 0 Å². The number of Topliss-reactive ketones (excluding diaryl/α,β-unsaturated/α-hetero) is 1. The Balaban J connectivity index is 1.71. The molecule has 0 fully saturated rings. The number of ketones is 1. The Morgan fingerprint density at radius 3 is 2.33 bits per heavy atom. The summed E-state index contributed by atoms with van der Waals surface area (Å²) in [5, 5.41) is 0. The maximum absolute atomic E-state index is 14.4. The predicted octanol–water partition coefficient (Wildman–Crippen LogP) is 4.93. The molecule has 3 aromatic rings. The maximum atomic E-state index is 14.4. The number of amides is 1. The van der Waals surface area contributed by atoms with Crippen LogP contribution in [0.15, 0.2) is 60.8 Å². The van der Waals surface area contributed by atoms with Crippen LogP contribution in [0.2, 0.25) is 0 Å². The molecule has 1 aromatic heterocycles. The SMILES string of the molecule is CCN(C)C(=O)c1ccc(-c2ccc(C(=O)CCc3cccnc3F)cc2)cc1F. The molecular formula is C24H22F2N2O2. The van der Waals surface area contributed by atoms with Gasteiger partial charge in [-0.2, -0.15) is 4.39 Å². The minimum absolute atomic E-state index is 0.0255. The Morgan fingerprint density at radius 2 is 1.70 bits per heavy atom. The molecule has 3 rings (SSSR count). The number of nitrogens with zero attached hydrogens (tertiary/aromatic N) is 2. The van der Waals surface area contributed by atoms with E-state index < -0.39 is 11.8 Å². The summed E-state index contributed by atoms with van der Waals surface area (Å²) in [5.41, 5.74) is 2.27. The Morgan fingerprint density at radius 1 is 1.00 bits per heavy atom. The summed E-state index contributed by atoms with van der Waals surface area (Å²) in [6, 6.07) is 14.5. The molecule has 0 N–H and O–H groups in total. The highest BCUT2D eigenvalue weighted by atomic mass is 19.1. The Kier molecular flexibility index (Phi) is 6.67. The van der Waals surface area contributed by atoms with Gasteiger partial charge >= 0.3 is 0 Å². The van der Waals surface area contributed by atoms with Crippen LogP contribution in [0.25, 0.3) is 11.1 Å². The molecule has 0 aliphatic heterocycles. The van der Waals surface area contributed by atoms with Crippen molar-refractivity contribution in [2.45, 2.75) is 19.8 Å². The van der Waals surface area contributed by atoms with Gasteiger partial charge in [0.05, 0.1) is 5.56 Å². The standard InChI is InChI=1S/C24H22F2N2O2/c1-3-28(2)24(30)20-12-10-19(15-21(20)25)16-6-8-17(9-7-16)22(29)13-11-18-5-4-14-27-23(18)26/h4-10,12,14-15H,3,11,13H2,1-2H3. The van der Waals surface area contributed by atoms with Crippen molar-refractivity contribution >= 4 is 11.7 Å². The summed E-state index contributed by atoms with van der Waals surface area (Å²) in [6.07, 6.45) is 1.80. The molecule has 0 aliphatic carbocycles. The number of aryl methyl sites for hydroxylation is 1. The van der Waals surface area contributed by atoms with Crippen molar-refractivity contribution in [1.29, 1.82) is 0 Å². The van der Waals surface area contributed by atoms with Crippen LogP contribution in [0.4, 0.5) is 8.78 Å². The van der Waals surface area contributed by atoms with Gasteiger partial charge in [-0.05, 0) is 42.7 Å². The molecule has 1 heterocycles. The van der Waals surface area contributed by atoms with E-state index in [4.69, 9.17) is 0 Å². The molecule has 4 nitrogen and oxygen atoms in total. The van der Waals surface area contributed by atoms with Crippen molar-refractivity contribution in [3.05, 3.63) is 89.2 Å². The van der Waals surface area contributed by atoms with E-state index in [1.165, 1.54) is 23.2 Å². The number of carbonyl (C=O) groups excluding carboxylic acids is 2. The summed E-state index contributed by atoms with van der Waals surface area (Å²) < 4.78 is 28.0. The first-order valence-corrected chi connectivity index (χ1v) is 9.68. The summed E-state index contributed by atoms with van der Waals surface area (Å²) in [5.74, 6) is -1.63. The third kappa shape index (κ3) is 4.76. The van der Waals surface area contributed by atoms with E-state index in [-0.39, 0.29) is 30.1 Å². The molecule has 2 aromatic carbocycles. The van der Waals surface area contributed by atoms with Gasteiger partial charge < -0.3 is 4.90 Å². The number of benzene rings is 2. The van der Waals surface area contributed by atoms with Crippen molar-refractivity contribution < 1.29 is 18.4 Å². The van der Waals surface area contributed by atoms with E-state index in [0.29, 0.717) is 23.2 Å². The quantitative estimate of drug-likeness (QED) is 0.411. The topological polar surface area (TPSA) is 50.3 Å². The third-order valence-corrected chi connectivity index (χ3v) is 5.02. The Labute approximate surface area is 174 Å². The number of halogens is 2. The maximum Gasteiger partial charge on any atom is 0.256 e. The lowest BCUT2D eigenvalue weighted by atomic mass is 9.99. The number of carbonyl (C=O) groups is 2. The van der Waals surface area contributed by atoms with Gasteiger partial charge in [0.1, 0.15) is 5.82 Å². The summed E-state index contributed by atoms with van der Waals surface area (Å²) in [6.45, 7) is 2.31. The fraction of sp³-hybridized carbons (Fsp3) is 0.208. The van der Waals surface area contributed by atoms with Gasteiger partial charge in [-0.15, -0.1) is 0 Å². The minimum atomic E-state index is -0.587. The zero-order valence-electron chi connectivity index (χ0n) is 16.9. The van der Waals surface area contributed by atoms with Gasteiger partial charge in [-0.25, -0.2) is 9.37 Å². The van der Waals surface area contributed by atoms with Crippen LogP contribution in [0, 0.1) is 11.8 Å². The molecule has 30 heavy (non-hydrogen) atoms. The Hall–Kier alpha value is -3.41. The molecular weight excluding hydrogens is 386 g/mol. The van der Waals surface area contributed by atoms with E-state index in [9.17, 15) is 18.4 Å². The van der Waals surface area contributed by atoms with Crippen molar-refractivity contribution in [3.8, 4) is 11.1 Å². The van der Waals surface area contributed by atoms with Gasteiger partial charge in [0, 0.05) is 37.3 Å². The van der Waals surface area contributed by atoms with Gasteiger partial charge in [-0.1, -0.05) is 36.4 Å². The van der Waals surface area contributed by atoms with Gasteiger partial charge in [0.25, 0.3) is 5.91 Å². The van der Waals surface area contributed by atoms with E-state index in [2.05, 4.69) is 4.98 Å². The second-order valence-corrected chi connectivity index (χ2v) is 6.97. The first-order chi connectivity index (χ1) is 14.4. The second-order valence-electron chi connectivity index (χ2n) is 6.97. The first kappa shape index (κ1) is 21.3. The van der Waals surface area contributed by atoms with E-state index in [0.717, 1.165) is 5.56 Å². The minimum Gasteiger partial charge on any atom is -0.342 e. The predicted molar refractivity (Wildman–Crippen MR) is 111 cm³/mol. The molecule has 154 valence electrons. The van der Waals surface area contributed by atoms with Crippen molar-refractivity contribution in [2.75, 3.05) is 13.6 Å². The van der Waals surface area contributed by atoms with Gasteiger partial charge in [-0.3, -0.25) is 9.59 Å². The monoisotopic (exact) mass is 408 g/mol. The lowest BCUT2D eigenvalue weighted by Gasteiger charge is -2.15. The molecule has 1 amide bonds. The number of rotatable bonds is 7. The highest BCUT2D eigenvalue weighted by Crippen LogP contribution is 2.24. The van der Waals surface area contributed by atoms with Crippen LogP contribution in [0.5, 0.6) is 0 Å². The third-order valence-electron chi connectivity index (χ3n) is 5.02. The van der Waals surface area contributed by atoms with Crippen molar-refractivity contribution in [3.63, 3.8) is 0 Å². The number of aromatic nitrogens is 1. The van der Waals surface area contributed by atoms with Crippen LogP contribution < -0.4 is 0 Å². The molecule has 0 saturated heterocycles. The molecule has 0 bridgehead atoms. The fourth-order valence-electron chi connectivity index (χ4n) is 3.06. The summed E-state index contributed by atoms with van der Waals surface area (Å²) >= 11 is 0. The normalized spacial score (nSPS) is 10.7. The largest absolute Gasteiger partial charge is 0.342 e. The van der Waals surface area contributed by atoms with Crippen LogP contribution in [0.3, 0.4) is 0 Å². The van der Waals surface area contributed by atoms with E-state index in [1.807, 2.05) is 6.92 Å². The average molecular weight is 408 g/mol. The fourth-order valence-corrected chi connectivity index (χ4v) is 3.06. The smallest absolute Gasteiger partial charge is 0.256 e. The number of hydrogen-bond acceptors (Lipinski definition) is 3. The zero-order chi connectivity index (χ0) is 21.7. The molecule has 0 atom stereocenters. The molecule has 0 saturated carbocycles. The zero-order valence-corrected chi connectivity index (χ0v) is 16.9. The van der Waals surface area contributed by atoms with Crippen LogP contribution in [0.1, 0.15) is 39.6 Å². The lowest BCUT2D eigenvalue weighted by molar-refractivity contribution is 0.0797. The van der Waals surface area contributed by atoms with Crippen molar-refractivity contribution in [2.24, 2.45) is 0 Å². The van der Waals surface area contributed by atoms with Gasteiger partial charge in [0.15, 0.2) is 5.78 Å². The molecule has 0 spiro atoms. The highest BCUT2D eigenvalue weighted by molar-refractivity contribution is 5.97. The second kappa shape index (κ2) is 9.39. The molecule has 0 aliphatic rings. The average Bonchev–Trinajstić information content (AvgIpc) is 2.77. The van der Waals surface area contributed by atoms with E-state index in [1.54, 1.807) is 49.5 Å². The molecule has 0 unspecified atom stereocenters. The summed E-state index contributed by atoms with van der Waals surface area (Å²) in [4.78, 5) is 29.6. The lowest BCUT2D eigenvalue weighted by Crippen LogP contribution is -2.27. The number of pyridine rings is 1. The van der Waals surface area contributed by atoms with Gasteiger partial charge in [0.2, 0.25) is 5.95 Å². The van der Waals surface area contributed by atoms with Crippen molar-refractivity contribution in [1.82, 2.24) is 9.88 Å². The van der Waals surface area contributed by atoms with Crippen LogP contribution in [-0.2, 0) is 6.42 Å². The Bertz CT molecular complexity index is 1070. The first-order valence-electron chi connectivity index (χ1n) is 9.68. The van der Waals surface area contributed by atoms with Crippen LogP contribution in [-0.4, -0.2) is 35.2 Å². The number of hydrogen-bond donors (Lipinski definition) is 0.